The Morgan fingerprint density at radius 3 is 2.35 bits per heavy atom. The zero-order valence-electron chi connectivity index (χ0n) is 22.0. The third kappa shape index (κ3) is 6.31. The topological polar surface area (TPSA) is 134 Å². The van der Waals surface area contributed by atoms with Crippen LogP contribution in [0.5, 0.6) is 0 Å². The Hall–Kier alpha value is -4.25. The number of benzene rings is 2. The molecule has 210 valence electrons. The first kappa shape index (κ1) is 27.3. The molecule has 4 atom stereocenters. The first-order chi connectivity index (χ1) is 19.4. The van der Waals surface area contributed by atoms with Crippen molar-refractivity contribution < 1.29 is 33.4 Å². The number of hydrogen-bond acceptors (Lipinski definition) is 7. The largest absolute Gasteiger partial charge is 0.433 e. The average molecular weight is 549 g/mol. The van der Waals surface area contributed by atoms with Gasteiger partial charge in [0.05, 0.1) is 19.4 Å². The monoisotopic (exact) mass is 548 g/mol. The Kier molecular flexibility index (Phi) is 8.40. The molecule has 3 aliphatic rings. The number of cyclic esters (lactones) is 1. The highest BCUT2D eigenvalue weighted by molar-refractivity contribution is 5.95. The van der Waals surface area contributed by atoms with Crippen molar-refractivity contribution in [2.45, 2.75) is 69.5 Å². The Labute approximate surface area is 231 Å². The van der Waals surface area contributed by atoms with E-state index in [-0.39, 0.29) is 44.1 Å². The maximum Gasteiger partial charge on any atom is 0.310 e. The van der Waals surface area contributed by atoms with Crippen LogP contribution in [0.4, 0.5) is 0 Å². The first-order valence-corrected chi connectivity index (χ1v) is 13.5. The van der Waals surface area contributed by atoms with Crippen molar-refractivity contribution in [3.05, 3.63) is 71.8 Å². The van der Waals surface area contributed by atoms with Gasteiger partial charge in [-0.25, -0.2) is 5.01 Å². The zero-order chi connectivity index (χ0) is 28.1. The molecule has 11 nitrogen and oxygen atoms in total. The molecule has 0 saturated carbocycles. The summed E-state index contributed by atoms with van der Waals surface area (Å²) in [6.07, 6.45) is 0.0739. The maximum atomic E-state index is 13.7. The molecule has 5 rings (SSSR count). The van der Waals surface area contributed by atoms with E-state index in [1.54, 1.807) is 0 Å². The summed E-state index contributed by atoms with van der Waals surface area (Å²) in [5, 5.41) is 8.09. The Morgan fingerprint density at radius 2 is 1.62 bits per heavy atom. The summed E-state index contributed by atoms with van der Waals surface area (Å²) in [5.74, 6) is -2.16. The number of rotatable bonds is 8. The van der Waals surface area contributed by atoms with Crippen LogP contribution in [0.2, 0.25) is 0 Å². The number of hydrazine groups is 1. The van der Waals surface area contributed by atoms with Gasteiger partial charge in [0.25, 0.3) is 5.91 Å². The predicted molar refractivity (Wildman–Crippen MR) is 141 cm³/mol. The minimum absolute atomic E-state index is 0.0627. The van der Waals surface area contributed by atoms with Crippen LogP contribution < -0.4 is 10.6 Å². The predicted octanol–water partition coefficient (Wildman–Crippen LogP) is 1.22. The van der Waals surface area contributed by atoms with Gasteiger partial charge in [-0.05, 0) is 30.4 Å². The lowest BCUT2D eigenvalue weighted by molar-refractivity contribution is -0.178. The van der Waals surface area contributed by atoms with Gasteiger partial charge in [0.1, 0.15) is 18.1 Å². The third-order valence-corrected chi connectivity index (χ3v) is 7.25. The summed E-state index contributed by atoms with van der Waals surface area (Å²) in [4.78, 5) is 64.9. The molecule has 0 spiro atoms. The van der Waals surface area contributed by atoms with E-state index in [0.717, 1.165) is 11.1 Å². The van der Waals surface area contributed by atoms with Gasteiger partial charge in [-0.1, -0.05) is 60.7 Å². The number of nitrogens with zero attached hydrogens (tertiary/aromatic N) is 2. The maximum absolute atomic E-state index is 13.7. The fourth-order valence-corrected chi connectivity index (χ4v) is 5.27. The molecule has 0 aliphatic carbocycles. The van der Waals surface area contributed by atoms with Gasteiger partial charge in [-0.2, -0.15) is 0 Å². The van der Waals surface area contributed by atoms with Gasteiger partial charge >= 0.3 is 5.97 Å². The van der Waals surface area contributed by atoms with E-state index in [4.69, 9.17) is 9.47 Å². The summed E-state index contributed by atoms with van der Waals surface area (Å²) in [5.41, 5.74) is 1.68. The van der Waals surface area contributed by atoms with Crippen LogP contribution in [0, 0.1) is 0 Å². The highest BCUT2D eigenvalue weighted by Gasteiger charge is 2.46. The Balaban J connectivity index is 1.26. The van der Waals surface area contributed by atoms with E-state index in [2.05, 4.69) is 10.6 Å². The lowest BCUT2D eigenvalue weighted by atomic mass is 10.0. The fraction of sp³-hybridized carbons (Fsp3) is 0.414. The summed E-state index contributed by atoms with van der Waals surface area (Å²) in [6, 6.07) is 15.8. The molecule has 11 heteroatoms. The average Bonchev–Trinajstić information content (AvgIpc) is 3.26. The lowest BCUT2D eigenvalue weighted by Gasteiger charge is -2.43. The van der Waals surface area contributed by atoms with Gasteiger partial charge in [0, 0.05) is 13.0 Å². The van der Waals surface area contributed by atoms with E-state index < -0.39 is 42.2 Å². The van der Waals surface area contributed by atoms with Gasteiger partial charge in [-0.15, -0.1) is 0 Å². The van der Waals surface area contributed by atoms with E-state index in [9.17, 15) is 24.0 Å². The normalized spacial score (nSPS) is 24.6. The molecule has 0 radical (unpaired) electrons. The number of nitrogens with one attached hydrogen (secondary N) is 2. The highest BCUT2D eigenvalue weighted by Crippen LogP contribution is 2.26. The van der Waals surface area contributed by atoms with Crippen molar-refractivity contribution >= 4 is 29.6 Å². The zero-order valence-corrected chi connectivity index (χ0v) is 22.0. The van der Waals surface area contributed by atoms with Crippen molar-refractivity contribution in [1.29, 1.82) is 0 Å². The molecule has 3 heterocycles. The second-order valence-electron chi connectivity index (χ2n) is 10.2. The number of ether oxygens (including phenoxy) is 2. The molecule has 4 amide bonds. The molecule has 0 aromatic heterocycles. The third-order valence-electron chi connectivity index (χ3n) is 7.25. The van der Waals surface area contributed by atoms with Gasteiger partial charge in [-0.3, -0.25) is 29.0 Å². The van der Waals surface area contributed by atoms with Crippen molar-refractivity contribution in [3.63, 3.8) is 0 Å². The highest BCUT2D eigenvalue weighted by atomic mass is 16.7. The number of amides is 4. The molecule has 2 aromatic carbocycles. The first-order valence-electron chi connectivity index (χ1n) is 13.5. The minimum atomic E-state index is -0.984. The molecule has 2 aromatic rings. The van der Waals surface area contributed by atoms with Crippen molar-refractivity contribution in [2.75, 3.05) is 6.54 Å². The summed E-state index contributed by atoms with van der Waals surface area (Å²) >= 11 is 0. The second-order valence-corrected chi connectivity index (χ2v) is 10.2. The fourth-order valence-electron chi connectivity index (χ4n) is 5.27. The molecular formula is C29H32N4O7. The minimum Gasteiger partial charge on any atom is -0.433 e. The molecule has 3 saturated heterocycles. The van der Waals surface area contributed by atoms with Gasteiger partial charge in [0.2, 0.25) is 24.0 Å². The standard InChI is InChI=1S/C29H32N4O7/c34-24(16-19-8-3-1-4-9-19)30-21-13-14-25(35)32-15-7-12-23(33(32)28(21)38)27(37)31-22-17-26(36)40-29(22)39-18-20-10-5-2-6-11-20/h1-6,8-11,21-23,29H,7,12-18H2,(H,30,34)(H,31,37)/t21?,22-,23?,29+/m0/s1. The van der Waals surface area contributed by atoms with Crippen LogP contribution in [-0.2, 0) is 46.5 Å². The van der Waals surface area contributed by atoms with E-state index in [0.29, 0.717) is 19.4 Å². The molecule has 40 heavy (non-hydrogen) atoms. The summed E-state index contributed by atoms with van der Waals surface area (Å²) < 4.78 is 11.1. The molecule has 2 unspecified atom stereocenters. The molecule has 3 aliphatic heterocycles. The number of esters is 1. The molecule has 0 bridgehead atoms. The molecule has 3 fully saturated rings. The Bertz CT molecular complexity index is 1260. The quantitative estimate of drug-likeness (QED) is 0.474. The van der Waals surface area contributed by atoms with Gasteiger partial charge < -0.3 is 20.1 Å². The SMILES string of the molecule is O=C(Cc1ccccc1)NC1CCC(=O)N2CCCC(C(=O)N[C@H]3CC(=O)O[C@H]3OCc3ccccc3)N2C1=O. The van der Waals surface area contributed by atoms with Crippen LogP contribution in [0.15, 0.2) is 60.7 Å². The molecule has 2 N–H and O–H groups in total. The van der Waals surface area contributed by atoms with E-state index in [1.165, 1.54) is 10.0 Å². The van der Waals surface area contributed by atoms with Crippen molar-refractivity contribution in [3.8, 4) is 0 Å². The number of hydrogen-bond donors (Lipinski definition) is 2. The number of fused-ring (bicyclic) bond motifs is 1. The summed E-state index contributed by atoms with van der Waals surface area (Å²) in [6.45, 7) is 0.485. The van der Waals surface area contributed by atoms with E-state index in [1.807, 2.05) is 60.7 Å². The lowest BCUT2D eigenvalue weighted by Crippen LogP contribution is -2.64. The second kappa shape index (κ2) is 12.3. The van der Waals surface area contributed by atoms with Crippen LogP contribution in [0.1, 0.15) is 43.2 Å². The van der Waals surface area contributed by atoms with Crippen LogP contribution in [0.25, 0.3) is 0 Å². The van der Waals surface area contributed by atoms with Gasteiger partial charge in [0.15, 0.2) is 0 Å². The number of carbonyl (C=O) groups is 5. The van der Waals surface area contributed by atoms with Crippen molar-refractivity contribution in [1.82, 2.24) is 20.7 Å². The van der Waals surface area contributed by atoms with E-state index >= 15 is 0 Å². The van der Waals surface area contributed by atoms with Crippen molar-refractivity contribution in [2.24, 2.45) is 0 Å². The Morgan fingerprint density at radius 1 is 0.925 bits per heavy atom. The smallest absolute Gasteiger partial charge is 0.310 e. The van der Waals surface area contributed by atoms with Crippen LogP contribution >= 0.6 is 0 Å². The molecular weight excluding hydrogens is 516 g/mol. The summed E-state index contributed by atoms with van der Waals surface area (Å²) in [7, 11) is 0. The number of carbonyl (C=O) groups excluding carboxylic acids is 5. The van der Waals surface area contributed by atoms with Crippen LogP contribution in [0.3, 0.4) is 0 Å². The van der Waals surface area contributed by atoms with Crippen LogP contribution in [-0.4, -0.2) is 70.6 Å².